The van der Waals surface area contributed by atoms with Crippen LogP contribution < -0.4 is 14.8 Å². The normalized spacial score (nSPS) is 15.9. The van der Waals surface area contributed by atoms with Crippen LogP contribution in [0.3, 0.4) is 0 Å². The first-order valence-corrected chi connectivity index (χ1v) is 9.59. The molecule has 1 N–H and O–H groups in total. The first kappa shape index (κ1) is 19.1. The molecule has 3 rings (SSSR count). The molecule has 1 unspecified atom stereocenters. The summed E-state index contributed by atoms with van der Waals surface area (Å²) < 4.78 is 11.4. The quantitative estimate of drug-likeness (QED) is 0.677. The van der Waals surface area contributed by atoms with Crippen molar-refractivity contribution >= 4 is 11.6 Å². The highest BCUT2D eigenvalue weighted by Crippen LogP contribution is 2.36. The second kappa shape index (κ2) is 8.80. The van der Waals surface area contributed by atoms with Crippen molar-refractivity contribution in [2.75, 3.05) is 26.1 Å². The zero-order chi connectivity index (χ0) is 19.2. The zero-order valence-corrected chi connectivity index (χ0v) is 16.3. The third-order valence-corrected chi connectivity index (χ3v) is 4.92. The molecule has 0 fully saturated rings. The molecular weight excluding hydrogens is 340 g/mol. The van der Waals surface area contributed by atoms with Crippen LogP contribution in [-0.2, 0) is 0 Å². The maximum absolute atomic E-state index is 12.7. The lowest BCUT2D eigenvalue weighted by Crippen LogP contribution is -2.40. The molecule has 1 heterocycles. The Hall–Kier alpha value is -2.69. The van der Waals surface area contributed by atoms with Gasteiger partial charge in [0, 0.05) is 12.7 Å². The van der Waals surface area contributed by atoms with Crippen LogP contribution in [0.15, 0.2) is 42.5 Å². The molecule has 144 valence electrons. The van der Waals surface area contributed by atoms with Gasteiger partial charge < -0.3 is 19.7 Å². The molecule has 2 aromatic rings. The van der Waals surface area contributed by atoms with E-state index in [0.717, 1.165) is 23.4 Å². The third-order valence-electron chi connectivity index (χ3n) is 4.92. The molecular formula is C22H28N2O3. The van der Waals surface area contributed by atoms with Crippen molar-refractivity contribution in [3.63, 3.8) is 0 Å². The van der Waals surface area contributed by atoms with Crippen LogP contribution in [0.4, 0.5) is 5.69 Å². The number of para-hydroxylation sites is 1. The van der Waals surface area contributed by atoms with Crippen LogP contribution >= 0.6 is 0 Å². The van der Waals surface area contributed by atoms with Gasteiger partial charge in [-0.15, -0.1) is 0 Å². The Bertz CT molecular complexity index is 791. The van der Waals surface area contributed by atoms with E-state index < -0.39 is 0 Å². The number of rotatable bonds is 8. The van der Waals surface area contributed by atoms with Crippen molar-refractivity contribution in [2.24, 2.45) is 0 Å². The number of anilines is 1. The number of amides is 1. The molecule has 0 aliphatic carbocycles. The summed E-state index contributed by atoms with van der Waals surface area (Å²) in [6, 6.07) is 13.4. The molecule has 0 saturated carbocycles. The summed E-state index contributed by atoms with van der Waals surface area (Å²) in [4.78, 5) is 14.4. The van der Waals surface area contributed by atoms with Gasteiger partial charge in [-0.2, -0.15) is 0 Å². The lowest BCUT2D eigenvalue weighted by molar-refractivity contribution is 0.0735. The number of carbonyl (C=O) groups is 1. The highest BCUT2D eigenvalue weighted by molar-refractivity contribution is 6.01. The first-order chi connectivity index (χ1) is 13.2. The van der Waals surface area contributed by atoms with Crippen molar-refractivity contribution < 1.29 is 14.3 Å². The first-order valence-electron chi connectivity index (χ1n) is 9.59. The molecule has 0 radical (unpaired) electrons. The van der Waals surface area contributed by atoms with E-state index in [1.54, 1.807) is 19.1 Å². The SMILES string of the molecule is CCCCCCOc1ccc(C2Nc3ccccc3C(=O)N2C)cc1OC. The Labute approximate surface area is 161 Å². The molecule has 2 aromatic carbocycles. The summed E-state index contributed by atoms with van der Waals surface area (Å²) in [6.45, 7) is 2.88. The van der Waals surface area contributed by atoms with E-state index >= 15 is 0 Å². The number of hydrogen-bond donors (Lipinski definition) is 1. The average molecular weight is 368 g/mol. The molecule has 27 heavy (non-hydrogen) atoms. The Kier molecular flexibility index (Phi) is 6.22. The van der Waals surface area contributed by atoms with Crippen molar-refractivity contribution in [3.05, 3.63) is 53.6 Å². The summed E-state index contributed by atoms with van der Waals surface area (Å²) in [5.74, 6) is 1.43. The average Bonchev–Trinajstić information content (AvgIpc) is 2.70. The van der Waals surface area contributed by atoms with E-state index in [9.17, 15) is 4.79 Å². The second-order valence-corrected chi connectivity index (χ2v) is 6.83. The van der Waals surface area contributed by atoms with Gasteiger partial charge >= 0.3 is 0 Å². The Morgan fingerprint density at radius 2 is 1.89 bits per heavy atom. The van der Waals surface area contributed by atoms with Crippen molar-refractivity contribution in [2.45, 2.75) is 38.8 Å². The van der Waals surface area contributed by atoms with Crippen LogP contribution in [0.5, 0.6) is 11.5 Å². The molecule has 1 amide bonds. The van der Waals surface area contributed by atoms with E-state index in [1.165, 1.54) is 19.3 Å². The molecule has 0 bridgehead atoms. The number of carbonyl (C=O) groups excluding carboxylic acids is 1. The zero-order valence-electron chi connectivity index (χ0n) is 16.3. The highest BCUT2D eigenvalue weighted by Gasteiger charge is 2.30. The number of hydrogen-bond acceptors (Lipinski definition) is 4. The highest BCUT2D eigenvalue weighted by atomic mass is 16.5. The van der Waals surface area contributed by atoms with Gasteiger partial charge in [0.15, 0.2) is 11.5 Å². The van der Waals surface area contributed by atoms with Gasteiger partial charge in [-0.3, -0.25) is 4.79 Å². The van der Waals surface area contributed by atoms with Gasteiger partial charge in [0.05, 0.1) is 19.3 Å². The fourth-order valence-electron chi connectivity index (χ4n) is 3.34. The minimum absolute atomic E-state index is 0.00423. The fourth-order valence-corrected chi connectivity index (χ4v) is 3.34. The van der Waals surface area contributed by atoms with E-state index in [-0.39, 0.29) is 12.1 Å². The number of benzene rings is 2. The van der Waals surface area contributed by atoms with Crippen LogP contribution in [0, 0.1) is 0 Å². The molecule has 5 nitrogen and oxygen atoms in total. The summed E-state index contributed by atoms with van der Waals surface area (Å²) in [7, 11) is 3.45. The number of nitrogens with one attached hydrogen (secondary N) is 1. The lowest BCUT2D eigenvalue weighted by atomic mass is 10.0. The van der Waals surface area contributed by atoms with E-state index in [4.69, 9.17) is 9.47 Å². The van der Waals surface area contributed by atoms with Gasteiger partial charge in [-0.05, 0) is 36.2 Å². The van der Waals surface area contributed by atoms with E-state index in [1.807, 2.05) is 42.5 Å². The molecule has 1 aliphatic heterocycles. The van der Waals surface area contributed by atoms with Crippen molar-refractivity contribution in [3.8, 4) is 11.5 Å². The van der Waals surface area contributed by atoms with Gasteiger partial charge in [0.2, 0.25) is 0 Å². The lowest BCUT2D eigenvalue weighted by Gasteiger charge is -2.35. The van der Waals surface area contributed by atoms with Crippen LogP contribution in [0.2, 0.25) is 0 Å². The minimum atomic E-state index is -0.250. The molecule has 0 aromatic heterocycles. The standard InChI is InChI=1S/C22H28N2O3/c1-4-5-6-9-14-27-19-13-12-16(15-20(19)26-3)21-23-18-11-8-7-10-17(18)22(25)24(21)2/h7-8,10-13,15,21,23H,4-6,9,14H2,1-3H3. The largest absolute Gasteiger partial charge is 0.493 e. The van der Waals surface area contributed by atoms with E-state index in [0.29, 0.717) is 17.9 Å². The molecule has 1 aliphatic rings. The van der Waals surface area contributed by atoms with Crippen molar-refractivity contribution in [1.82, 2.24) is 4.90 Å². The van der Waals surface area contributed by atoms with Crippen LogP contribution in [-0.4, -0.2) is 31.6 Å². The van der Waals surface area contributed by atoms with Crippen molar-refractivity contribution in [1.29, 1.82) is 0 Å². The molecule has 0 spiro atoms. The molecule has 0 saturated heterocycles. The Morgan fingerprint density at radius 3 is 2.67 bits per heavy atom. The second-order valence-electron chi connectivity index (χ2n) is 6.83. The summed E-state index contributed by atoms with van der Waals surface area (Å²) >= 11 is 0. The predicted octanol–water partition coefficient (Wildman–Crippen LogP) is 4.85. The molecule has 5 heteroatoms. The summed E-state index contributed by atoms with van der Waals surface area (Å²) in [5.41, 5.74) is 2.49. The summed E-state index contributed by atoms with van der Waals surface area (Å²) in [5, 5.41) is 3.44. The minimum Gasteiger partial charge on any atom is -0.493 e. The molecule has 1 atom stereocenters. The Balaban J connectivity index is 1.76. The van der Waals surface area contributed by atoms with Crippen LogP contribution in [0.25, 0.3) is 0 Å². The predicted molar refractivity (Wildman–Crippen MR) is 108 cm³/mol. The maximum Gasteiger partial charge on any atom is 0.257 e. The number of fused-ring (bicyclic) bond motifs is 1. The van der Waals surface area contributed by atoms with Crippen LogP contribution in [0.1, 0.15) is 54.7 Å². The number of methoxy groups -OCH3 is 1. The smallest absolute Gasteiger partial charge is 0.257 e. The summed E-state index contributed by atoms with van der Waals surface area (Å²) in [6.07, 6.45) is 4.41. The number of unbranched alkanes of at least 4 members (excludes halogenated alkanes) is 3. The third kappa shape index (κ3) is 4.18. The van der Waals surface area contributed by atoms with E-state index in [2.05, 4.69) is 12.2 Å². The number of ether oxygens (including phenoxy) is 2. The Morgan fingerprint density at radius 1 is 1.07 bits per heavy atom. The number of nitrogens with zero attached hydrogens (tertiary/aromatic N) is 1. The van der Waals surface area contributed by atoms with Gasteiger partial charge in [0.1, 0.15) is 6.17 Å². The maximum atomic E-state index is 12.7. The fraction of sp³-hybridized carbons (Fsp3) is 0.409. The monoisotopic (exact) mass is 368 g/mol. The van der Waals surface area contributed by atoms with Gasteiger partial charge in [-0.1, -0.05) is 44.4 Å². The van der Waals surface area contributed by atoms with Gasteiger partial charge in [-0.25, -0.2) is 0 Å². The van der Waals surface area contributed by atoms with Gasteiger partial charge in [0.25, 0.3) is 5.91 Å². The topological polar surface area (TPSA) is 50.8 Å².